The van der Waals surface area contributed by atoms with E-state index in [1.54, 1.807) is 19.1 Å². The summed E-state index contributed by atoms with van der Waals surface area (Å²) < 4.78 is 52.7. The van der Waals surface area contributed by atoms with Crippen LogP contribution in [-0.4, -0.2) is 34.4 Å². The number of carbonyl (C=O) groups is 2. The Balaban J connectivity index is 1.44. The molecule has 180 valence electrons. The smallest absolute Gasteiger partial charge is 0.410 e. The number of hydrogen-bond acceptors (Lipinski definition) is 7. The van der Waals surface area contributed by atoms with E-state index in [-0.39, 0.29) is 24.5 Å². The van der Waals surface area contributed by atoms with Crippen LogP contribution in [0.25, 0.3) is 0 Å². The average molecular weight is 494 g/mol. The maximum absolute atomic E-state index is 13.8. The third-order valence-electron chi connectivity index (χ3n) is 5.94. The number of aryl methyl sites for hydroxylation is 1. The fourth-order valence-corrected chi connectivity index (χ4v) is 5.71. The lowest BCUT2D eigenvalue weighted by molar-refractivity contribution is -0.174. The maximum Gasteiger partial charge on any atom is 0.410 e. The van der Waals surface area contributed by atoms with Crippen LogP contribution in [0.3, 0.4) is 0 Å². The molecule has 0 aromatic carbocycles. The molecule has 5 rings (SSSR count). The molecule has 2 aliphatic rings. The van der Waals surface area contributed by atoms with Crippen molar-refractivity contribution in [2.24, 2.45) is 0 Å². The lowest BCUT2D eigenvalue weighted by Gasteiger charge is -2.32. The molecule has 0 bridgehead atoms. The van der Waals surface area contributed by atoms with E-state index in [2.05, 4.69) is 15.7 Å². The van der Waals surface area contributed by atoms with E-state index in [4.69, 9.17) is 9.15 Å². The van der Waals surface area contributed by atoms with Crippen LogP contribution in [0.5, 0.6) is 0 Å². The van der Waals surface area contributed by atoms with Crippen molar-refractivity contribution in [3.05, 3.63) is 51.9 Å². The number of esters is 1. The van der Waals surface area contributed by atoms with Gasteiger partial charge < -0.3 is 19.8 Å². The summed E-state index contributed by atoms with van der Waals surface area (Å²) in [7, 11) is 0. The molecule has 1 aliphatic heterocycles. The van der Waals surface area contributed by atoms with Gasteiger partial charge in [-0.15, -0.1) is 11.3 Å². The van der Waals surface area contributed by atoms with E-state index in [9.17, 15) is 22.8 Å². The number of hydrogen-bond donors (Lipinski definition) is 2. The fourth-order valence-electron chi connectivity index (χ4n) is 4.44. The van der Waals surface area contributed by atoms with Crippen LogP contribution in [0.15, 0.2) is 28.9 Å². The van der Waals surface area contributed by atoms with Crippen molar-refractivity contribution >= 4 is 34.0 Å². The minimum Gasteiger partial charge on any atom is -0.467 e. The zero-order chi connectivity index (χ0) is 24.0. The highest BCUT2D eigenvalue weighted by atomic mass is 32.1. The topological polar surface area (TPSA) is 98.4 Å². The summed E-state index contributed by atoms with van der Waals surface area (Å²) in [6, 6.07) is 1.81. The first-order valence-electron chi connectivity index (χ1n) is 10.9. The minimum absolute atomic E-state index is 0.0550. The normalized spacial score (nSPS) is 19.3. The van der Waals surface area contributed by atoms with E-state index >= 15 is 0 Å². The number of rotatable bonds is 5. The summed E-state index contributed by atoms with van der Waals surface area (Å²) in [6.07, 6.45) is -1.10. The molecule has 3 aromatic heterocycles. The molecule has 12 heteroatoms. The quantitative estimate of drug-likeness (QED) is 0.478. The van der Waals surface area contributed by atoms with Gasteiger partial charge in [0.25, 0.3) is 5.91 Å². The van der Waals surface area contributed by atoms with Gasteiger partial charge >= 0.3 is 12.1 Å². The molecule has 0 saturated heterocycles. The van der Waals surface area contributed by atoms with Crippen LogP contribution in [0.2, 0.25) is 0 Å². The molecule has 2 N–H and O–H groups in total. The Kier molecular flexibility index (Phi) is 5.62. The first-order chi connectivity index (χ1) is 16.3. The predicted molar refractivity (Wildman–Crippen MR) is 117 cm³/mol. The van der Waals surface area contributed by atoms with Gasteiger partial charge in [-0.25, -0.2) is 9.48 Å². The van der Waals surface area contributed by atoms with E-state index in [1.165, 1.54) is 23.7 Å². The number of halogens is 3. The highest BCUT2D eigenvalue weighted by Crippen LogP contribution is 2.44. The Morgan fingerprint density at radius 3 is 2.91 bits per heavy atom. The lowest BCUT2D eigenvalue weighted by Crippen LogP contribution is -2.35. The van der Waals surface area contributed by atoms with Gasteiger partial charge in [-0.05, 0) is 43.9 Å². The second-order valence-corrected chi connectivity index (χ2v) is 9.21. The summed E-state index contributed by atoms with van der Waals surface area (Å²) in [5, 5.41) is 9.94. The number of fused-ring (bicyclic) bond motifs is 2. The van der Waals surface area contributed by atoms with Crippen LogP contribution in [0.4, 0.5) is 24.0 Å². The second-order valence-electron chi connectivity index (χ2n) is 8.10. The van der Waals surface area contributed by atoms with Crippen molar-refractivity contribution in [2.75, 3.05) is 17.2 Å². The van der Waals surface area contributed by atoms with Crippen molar-refractivity contribution < 1.29 is 31.9 Å². The van der Waals surface area contributed by atoms with Gasteiger partial charge in [-0.3, -0.25) is 4.79 Å². The molecule has 1 amide bonds. The number of nitrogens with one attached hydrogen (secondary N) is 2. The minimum atomic E-state index is -4.58. The van der Waals surface area contributed by atoms with Crippen LogP contribution < -0.4 is 10.6 Å². The molecule has 0 radical (unpaired) electrons. The van der Waals surface area contributed by atoms with Crippen molar-refractivity contribution in [3.63, 3.8) is 0 Å². The number of alkyl halides is 3. The number of furan rings is 1. The van der Waals surface area contributed by atoms with Gasteiger partial charge in [0.15, 0.2) is 11.7 Å². The molecule has 0 fully saturated rings. The van der Waals surface area contributed by atoms with E-state index in [1.807, 2.05) is 0 Å². The molecule has 3 aromatic rings. The summed E-state index contributed by atoms with van der Waals surface area (Å²) in [5.74, 6) is -0.814. The molecule has 0 saturated carbocycles. The average Bonchev–Trinajstić information content (AvgIpc) is 3.54. The zero-order valence-electron chi connectivity index (χ0n) is 18.1. The van der Waals surface area contributed by atoms with Crippen LogP contribution in [0.1, 0.15) is 68.9 Å². The SMILES string of the molecule is CCOC(=O)c1c(NC(=O)c2cc3n(n2)[C@H](C(F)(F)F)C[C@@H](c2ccco2)N3)sc2c1CCC2. The Hall–Kier alpha value is -3.28. The highest BCUT2D eigenvalue weighted by Gasteiger charge is 2.47. The van der Waals surface area contributed by atoms with Crippen molar-refractivity contribution in [2.45, 2.75) is 50.9 Å². The number of nitrogens with zero attached hydrogens (tertiary/aromatic N) is 2. The van der Waals surface area contributed by atoms with Crippen LogP contribution in [0, 0.1) is 0 Å². The van der Waals surface area contributed by atoms with E-state index in [0.29, 0.717) is 22.7 Å². The van der Waals surface area contributed by atoms with Crippen molar-refractivity contribution in [1.29, 1.82) is 0 Å². The van der Waals surface area contributed by atoms with Gasteiger partial charge in [0.1, 0.15) is 16.6 Å². The summed E-state index contributed by atoms with van der Waals surface area (Å²) in [6.45, 7) is 1.88. The van der Waals surface area contributed by atoms with Crippen molar-refractivity contribution in [1.82, 2.24) is 9.78 Å². The van der Waals surface area contributed by atoms with E-state index < -0.39 is 30.1 Å². The largest absolute Gasteiger partial charge is 0.467 e. The van der Waals surface area contributed by atoms with Gasteiger partial charge in [0, 0.05) is 17.4 Å². The fraction of sp³-hybridized carbons (Fsp3) is 0.409. The molecular weight excluding hydrogens is 473 g/mol. The third kappa shape index (κ3) is 3.95. The zero-order valence-corrected chi connectivity index (χ0v) is 18.9. The Morgan fingerprint density at radius 1 is 1.38 bits per heavy atom. The molecule has 1 aliphatic carbocycles. The summed E-state index contributed by atoms with van der Waals surface area (Å²) >= 11 is 1.29. The second kappa shape index (κ2) is 8.49. The standard InChI is InChI=1S/C22H21F3N4O4S/c1-2-32-21(31)18-11-5-3-7-15(11)34-20(18)27-19(30)13-10-17-26-12(14-6-4-8-33-14)9-16(22(23,24)25)29(17)28-13/h4,6,8,10,12,16,26H,2-3,5,7,9H2,1H3,(H,27,30)/t12-,16-/m0/s1. The third-order valence-corrected chi connectivity index (χ3v) is 7.14. The Labute approximate surface area is 196 Å². The monoisotopic (exact) mass is 494 g/mol. The number of carbonyl (C=O) groups excluding carboxylic acids is 2. The van der Waals surface area contributed by atoms with E-state index in [0.717, 1.165) is 28.0 Å². The van der Waals surface area contributed by atoms with Crippen molar-refractivity contribution in [3.8, 4) is 0 Å². The number of aromatic nitrogens is 2. The Morgan fingerprint density at radius 2 is 2.21 bits per heavy atom. The summed E-state index contributed by atoms with van der Waals surface area (Å²) in [4.78, 5) is 26.5. The van der Waals surface area contributed by atoms with Gasteiger partial charge in [-0.2, -0.15) is 18.3 Å². The van der Waals surface area contributed by atoms with Gasteiger partial charge in [-0.1, -0.05) is 0 Å². The number of thiophene rings is 1. The Bertz CT molecular complexity index is 1230. The molecule has 0 unspecified atom stereocenters. The molecule has 8 nitrogen and oxygen atoms in total. The predicted octanol–water partition coefficient (Wildman–Crippen LogP) is 5.12. The first-order valence-corrected chi connectivity index (χ1v) is 11.7. The lowest BCUT2D eigenvalue weighted by atomic mass is 10.0. The molecule has 2 atom stereocenters. The number of anilines is 2. The first kappa shape index (κ1) is 22.5. The molecule has 0 spiro atoms. The maximum atomic E-state index is 13.8. The number of amides is 1. The molecular formula is C22H21F3N4O4S. The number of ether oxygens (including phenoxy) is 1. The highest BCUT2D eigenvalue weighted by molar-refractivity contribution is 7.17. The molecule has 4 heterocycles. The van der Waals surface area contributed by atoms with Gasteiger partial charge in [0.05, 0.1) is 24.5 Å². The van der Waals surface area contributed by atoms with Crippen LogP contribution >= 0.6 is 11.3 Å². The van der Waals surface area contributed by atoms with Gasteiger partial charge in [0.2, 0.25) is 0 Å². The summed E-state index contributed by atoms with van der Waals surface area (Å²) in [5.41, 5.74) is 0.990. The van der Waals surface area contributed by atoms with Crippen LogP contribution in [-0.2, 0) is 17.6 Å². The molecule has 34 heavy (non-hydrogen) atoms.